The zero-order valence-electron chi connectivity index (χ0n) is 11.8. The van der Waals surface area contributed by atoms with Gasteiger partial charge in [0.05, 0.1) is 6.07 Å². The molecule has 0 spiro atoms. The van der Waals surface area contributed by atoms with Gasteiger partial charge in [-0.1, -0.05) is 17.2 Å². The Hall–Kier alpha value is -2.35. The molecule has 2 N–H and O–H groups in total. The lowest BCUT2D eigenvalue weighted by atomic mass is 10.0. The Balaban J connectivity index is 2.86. The van der Waals surface area contributed by atoms with Crippen molar-refractivity contribution in [1.29, 1.82) is 5.26 Å². The molecule has 20 heavy (non-hydrogen) atoms. The van der Waals surface area contributed by atoms with Crippen LogP contribution in [0.25, 0.3) is 0 Å². The maximum absolute atomic E-state index is 12.1. The SMILES string of the molecule is Cc1cc(C)cc(C(=O)N[C@H](C[C@H](C)C#N)C(=O)O)c1. The average molecular weight is 274 g/mol. The summed E-state index contributed by atoms with van der Waals surface area (Å²) < 4.78 is 0. The molecular formula is C15H18N2O3. The Kier molecular flexibility index (Phi) is 5.27. The van der Waals surface area contributed by atoms with E-state index in [4.69, 9.17) is 10.4 Å². The highest BCUT2D eigenvalue weighted by Gasteiger charge is 2.23. The second-order valence-electron chi connectivity index (χ2n) is 5.01. The summed E-state index contributed by atoms with van der Waals surface area (Å²) in [6.45, 7) is 5.37. The predicted octanol–water partition coefficient (Wildman–Crippen LogP) is 2.04. The number of carbonyl (C=O) groups is 2. The highest BCUT2D eigenvalue weighted by molar-refractivity contribution is 5.96. The van der Waals surface area contributed by atoms with Crippen LogP contribution in [0.1, 0.15) is 34.8 Å². The number of hydrogen-bond acceptors (Lipinski definition) is 3. The van der Waals surface area contributed by atoms with Gasteiger partial charge in [0.25, 0.3) is 5.91 Å². The first kappa shape index (κ1) is 15.7. The fourth-order valence-corrected chi connectivity index (χ4v) is 1.98. The fourth-order valence-electron chi connectivity index (χ4n) is 1.98. The second kappa shape index (κ2) is 6.71. The first-order chi connectivity index (χ1) is 9.33. The van der Waals surface area contributed by atoms with Gasteiger partial charge in [0, 0.05) is 11.5 Å². The lowest BCUT2D eigenvalue weighted by molar-refractivity contribution is -0.139. The molecule has 0 aromatic heterocycles. The normalized spacial score (nSPS) is 13.1. The third-order valence-electron chi connectivity index (χ3n) is 2.90. The third-order valence-corrected chi connectivity index (χ3v) is 2.90. The number of nitriles is 1. The minimum Gasteiger partial charge on any atom is -0.480 e. The molecule has 1 amide bonds. The van der Waals surface area contributed by atoms with Crippen LogP contribution in [0.2, 0.25) is 0 Å². The molecule has 2 atom stereocenters. The van der Waals surface area contributed by atoms with Crippen molar-refractivity contribution in [2.45, 2.75) is 33.2 Å². The zero-order valence-corrected chi connectivity index (χ0v) is 11.8. The van der Waals surface area contributed by atoms with Crippen LogP contribution in [0.4, 0.5) is 0 Å². The van der Waals surface area contributed by atoms with Gasteiger partial charge in [0.15, 0.2) is 0 Å². The van der Waals surface area contributed by atoms with Gasteiger partial charge in [0.2, 0.25) is 0 Å². The summed E-state index contributed by atoms with van der Waals surface area (Å²) in [5.41, 5.74) is 2.30. The number of carboxylic acids is 1. The topological polar surface area (TPSA) is 90.2 Å². The van der Waals surface area contributed by atoms with E-state index in [2.05, 4.69) is 5.32 Å². The molecule has 0 radical (unpaired) electrons. The minimum absolute atomic E-state index is 0.0857. The summed E-state index contributed by atoms with van der Waals surface area (Å²) in [5, 5.41) is 20.3. The van der Waals surface area contributed by atoms with E-state index < -0.39 is 23.8 Å². The van der Waals surface area contributed by atoms with E-state index in [1.54, 1.807) is 19.1 Å². The standard InChI is InChI=1S/C15H18N2O3/c1-9-4-10(2)6-12(5-9)14(18)17-13(15(19)20)7-11(3)8-16/h4-6,11,13H,7H2,1-3H3,(H,17,18)(H,19,20)/t11-,13+/m0/s1. The van der Waals surface area contributed by atoms with Crippen molar-refractivity contribution in [1.82, 2.24) is 5.32 Å². The van der Waals surface area contributed by atoms with Gasteiger partial charge in [-0.15, -0.1) is 0 Å². The number of hydrogen-bond donors (Lipinski definition) is 2. The number of benzene rings is 1. The maximum Gasteiger partial charge on any atom is 0.326 e. The summed E-state index contributed by atoms with van der Waals surface area (Å²) in [6.07, 6.45) is 0.0857. The van der Waals surface area contributed by atoms with E-state index in [0.29, 0.717) is 5.56 Å². The van der Waals surface area contributed by atoms with Gasteiger partial charge >= 0.3 is 5.97 Å². The number of aliphatic carboxylic acids is 1. The number of nitrogens with zero attached hydrogens (tertiary/aromatic N) is 1. The molecule has 1 aromatic carbocycles. The Morgan fingerprint density at radius 3 is 2.30 bits per heavy atom. The van der Waals surface area contributed by atoms with Gasteiger partial charge in [-0.25, -0.2) is 4.79 Å². The van der Waals surface area contributed by atoms with Crippen LogP contribution in [0, 0.1) is 31.1 Å². The number of carbonyl (C=O) groups excluding carboxylic acids is 1. The molecule has 0 bridgehead atoms. The molecule has 0 aliphatic heterocycles. The molecule has 1 aromatic rings. The van der Waals surface area contributed by atoms with Crippen molar-refractivity contribution >= 4 is 11.9 Å². The lowest BCUT2D eigenvalue weighted by Gasteiger charge is -2.16. The van der Waals surface area contributed by atoms with Crippen molar-refractivity contribution in [2.75, 3.05) is 0 Å². The van der Waals surface area contributed by atoms with Gasteiger partial charge < -0.3 is 10.4 Å². The van der Waals surface area contributed by atoms with E-state index in [9.17, 15) is 9.59 Å². The van der Waals surface area contributed by atoms with Gasteiger partial charge in [-0.05, 0) is 39.3 Å². The summed E-state index contributed by atoms with van der Waals surface area (Å²) in [5.74, 6) is -2.00. The molecule has 0 aliphatic rings. The number of nitrogens with one attached hydrogen (secondary N) is 1. The highest BCUT2D eigenvalue weighted by Crippen LogP contribution is 2.11. The fraction of sp³-hybridized carbons (Fsp3) is 0.400. The van der Waals surface area contributed by atoms with Crippen molar-refractivity contribution in [3.05, 3.63) is 34.9 Å². The molecule has 1 rings (SSSR count). The van der Waals surface area contributed by atoms with E-state index in [1.807, 2.05) is 26.0 Å². The lowest BCUT2D eigenvalue weighted by Crippen LogP contribution is -2.41. The van der Waals surface area contributed by atoms with Gasteiger partial charge in [0.1, 0.15) is 6.04 Å². The van der Waals surface area contributed by atoms with Crippen molar-refractivity contribution in [3.63, 3.8) is 0 Å². The Morgan fingerprint density at radius 2 is 1.85 bits per heavy atom. The maximum atomic E-state index is 12.1. The van der Waals surface area contributed by atoms with Crippen molar-refractivity contribution in [3.8, 4) is 6.07 Å². The van der Waals surface area contributed by atoms with Crippen LogP contribution in [-0.4, -0.2) is 23.0 Å². The Labute approximate surface area is 118 Å². The van der Waals surface area contributed by atoms with Crippen molar-refractivity contribution in [2.24, 2.45) is 5.92 Å². The first-order valence-electron chi connectivity index (χ1n) is 6.35. The van der Waals surface area contributed by atoms with Crippen molar-refractivity contribution < 1.29 is 14.7 Å². The largest absolute Gasteiger partial charge is 0.480 e. The first-order valence-corrected chi connectivity index (χ1v) is 6.35. The molecule has 0 unspecified atom stereocenters. The van der Waals surface area contributed by atoms with Crippen LogP contribution in [0.15, 0.2) is 18.2 Å². The Bertz CT molecular complexity index is 540. The summed E-state index contributed by atoms with van der Waals surface area (Å²) in [7, 11) is 0. The molecule has 5 heteroatoms. The van der Waals surface area contributed by atoms with E-state index >= 15 is 0 Å². The zero-order chi connectivity index (χ0) is 15.3. The number of carboxylic acid groups (broad SMARTS) is 1. The summed E-state index contributed by atoms with van der Waals surface area (Å²) in [4.78, 5) is 23.2. The van der Waals surface area contributed by atoms with Gasteiger partial charge in [-0.2, -0.15) is 5.26 Å². The Morgan fingerprint density at radius 1 is 1.30 bits per heavy atom. The van der Waals surface area contributed by atoms with Crippen LogP contribution in [0.3, 0.4) is 0 Å². The molecule has 0 heterocycles. The molecule has 0 fully saturated rings. The molecule has 106 valence electrons. The van der Waals surface area contributed by atoms with Crippen LogP contribution in [-0.2, 0) is 4.79 Å². The monoisotopic (exact) mass is 274 g/mol. The molecule has 0 saturated carbocycles. The highest BCUT2D eigenvalue weighted by atomic mass is 16.4. The quantitative estimate of drug-likeness (QED) is 0.859. The smallest absolute Gasteiger partial charge is 0.326 e. The van der Waals surface area contributed by atoms with Crippen LogP contribution >= 0.6 is 0 Å². The van der Waals surface area contributed by atoms with Crippen LogP contribution < -0.4 is 5.32 Å². The predicted molar refractivity (Wildman–Crippen MR) is 74.2 cm³/mol. The number of rotatable bonds is 5. The summed E-state index contributed by atoms with van der Waals surface area (Å²) >= 11 is 0. The molecule has 0 saturated heterocycles. The third kappa shape index (κ3) is 4.39. The molecule has 5 nitrogen and oxygen atoms in total. The molecule has 0 aliphatic carbocycles. The molecular weight excluding hydrogens is 256 g/mol. The van der Waals surface area contributed by atoms with E-state index in [1.165, 1.54) is 0 Å². The average Bonchev–Trinajstić information content (AvgIpc) is 2.36. The van der Waals surface area contributed by atoms with E-state index in [0.717, 1.165) is 11.1 Å². The number of amides is 1. The number of aryl methyl sites for hydroxylation is 2. The van der Waals surface area contributed by atoms with Crippen LogP contribution in [0.5, 0.6) is 0 Å². The van der Waals surface area contributed by atoms with E-state index in [-0.39, 0.29) is 6.42 Å². The minimum atomic E-state index is -1.13. The summed E-state index contributed by atoms with van der Waals surface area (Å²) in [6, 6.07) is 6.25. The van der Waals surface area contributed by atoms with Gasteiger partial charge in [-0.3, -0.25) is 4.79 Å². The second-order valence-corrected chi connectivity index (χ2v) is 5.01.